The summed E-state index contributed by atoms with van der Waals surface area (Å²) in [6.07, 6.45) is 4.29. The molecule has 8 nitrogen and oxygen atoms in total. The standard InChI is InChI=1S/C18H24N6O2/c25-18(24-6-4-14-16(12-24)22-13-21-14)20-11-17(15-3-1-2-5-19-15)23-7-9-26-10-8-23/h1-3,5,13,17H,4,6-12H2,(H,20,25)(H,21,22)/t17-/m0/s1. The number of fused-ring (bicyclic) bond motifs is 1. The van der Waals surface area contributed by atoms with Gasteiger partial charge in [-0.1, -0.05) is 6.07 Å². The number of carbonyl (C=O) groups is 1. The van der Waals surface area contributed by atoms with Crippen LogP contribution in [0, 0.1) is 0 Å². The average Bonchev–Trinajstić information content (AvgIpc) is 3.17. The average molecular weight is 356 g/mol. The number of rotatable bonds is 4. The molecular weight excluding hydrogens is 332 g/mol. The number of nitrogens with zero attached hydrogens (tertiary/aromatic N) is 4. The summed E-state index contributed by atoms with van der Waals surface area (Å²) < 4.78 is 5.47. The van der Waals surface area contributed by atoms with Gasteiger partial charge in [0.15, 0.2) is 0 Å². The van der Waals surface area contributed by atoms with Gasteiger partial charge in [0.05, 0.1) is 49.2 Å². The van der Waals surface area contributed by atoms with E-state index in [1.54, 1.807) is 12.5 Å². The Morgan fingerprint density at radius 1 is 1.27 bits per heavy atom. The molecule has 2 amide bonds. The van der Waals surface area contributed by atoms with Gasteiger partial charge in [-0.15, -0.1) is 0 Å². The Morgan fingerprint density at radius 3 is 2.96 bits per heavy atom. The smallest absolute Gasteiger partial charge is 0.317 e. The summed E-state index contributed by atoms with van der Waals surface area (Å²) in [6, 6.07) is 5.93. The van der Waals surface area contributed by atoms with Gasteiger partial charge in [-0.2, -0.15) is 0 Å². The zero-order valence-electron chi connectivity index (χ0n) is 14.7. The Hall–Kier alpha value is -2.45. The fourth-order valence-electron chi connectivity index (χ4n) is 3.56. The van der Waals surface area contributed by atoms with E-state index in [9.17, 15) is 4.79 Å². The number of aromatic nitrogens is 3. The van der Waals surface area contributed by atoms with E-state index in [1.807, 2.05) is 23.1 Å². The van der Waals surface area contributed by atoms with Crippen molar-refractivity contribution in [2.45, 2.75) is 19.0 Å². The summed E-state index contributed by atoms with van der Waals surface area (Å²) >= 11 is 0. The fourth-order valence-corrected chi connectivity index (χ4v) is 3.56. The fraction of sp³-hybridized carbons (Fsp3) is 0.500. The molecule has 2 aromatic rings. The van der Waals surface area contributed by atoms with Crippen molar-refractivity contribution >= 4 is 6.03 Å². The number of H-pyrrole nitrogens is 1. The molecule has 138 valence electrons. The maximum absolute atomic E-state index is 12.7. The molecule has 2 aromatic heterocycles. The Morgan fingerprint density at radius 2 is 2.15 bits per heavy atom. The van der Waals surface area contributed by atoms with E-state index < -0.39 is 0 Å². The number of urea groups is 1. The molecule has 0 spiro atoms. The second-order valence-electron chi connectivity index (χ2n) is 6.60. The Kier molecular flexibility index (Phi) is 5.12. The highest BCUT2D eigenvalue weighted by molar-refractivity contribution is 5.74. The lowest BCUT2D eigenvalue weighted by Crippen LogP contribution is -2.48. The van der Waals surface area contributed by atoms with Crippen LogP contribution in [0.15, 0.2) is 30.7 Å². The van der Waals surface area contributed by atoms with E-state index in [0.717, 1.165) is 36.6 Å². The molecule has 4 rings (SSSR count). The minimum atomic E-state index is -0.0422. The number of hydrogen-bond donors (Lipinski definition) is 2. The minimum absolute atomic E-state index is 0.0422. The number of carbonyl (C=O) groups excluding carboxylic acids is 1. The van der Waals surface area contributed by atoms with Crippen LogP contribution in [-0.4, -0.2) is 70.2 Å². The summed E-state index contributed by atoms with van der Waals surface area (Å²) in [4.78, 5) is 28.7. The highest BCUT2D eigenvalue weighted by atomic mass is 16.5. The molecular formula is C18H24N6O2. The minimum Gasteiger partial charge on any atom is -0.379 e. The van der Waals surface area contributed by atoms with E-state index in [4.69, 9.17) is 4.74 Å². The second-order valence-corrected chi connectivity index (χ2v) is 6.60. The van der Waals surface area contributed by atoms with Crippen molar-refractivity contribution in [1.82, 2.24) is 30.1 Å². The molecule has 1 saturated heterocycles. The predicted octanol–water partition coefficient (Wildman–Crippen LogP) is 0.946. The van der Waals surface area contributed by atoms with Gasteiger partial charge in [-0.25, -0.2) is 9.78 Å². The summed E-state index contributed by atoms with van der Waals surface area (Å²) in [5.74, 6) is 0. The molecule has 26 heavy (non-hydrogen) atoms. The van der Waals surface area contributed by atoms with Crippen LogP contribution in [0.25, 0.3) is 0 Å². The lowest BCUT2D eigenvalue weighted by molar-refractivity contribution is 0.0156. The number of aromatic amines is 1. The maximum atomic E-state index is 12.7. The van der Waals surface area contributed by atoms with Crippen molar-refractivity contribution in [2.24, 2.45) is 0 Å². The first-order valence-corrected chi connectivity index (χ1v) is 9.08. The van der Waals surface area contributed by atoms with Crippen LogP contribution in [0.2, 0.25) is 0 Å². The van der Waals surface area contributed by atoms with Crippen molar-refractivity contribution < 1.29 is 9.53 Å². The molecule has 8 heteroatoms. The molecule has 0 aromatic carbocycles. The molecule has 0 aliphatic carbocycles. The third-order valence-corrected chi connectivity index (χ3v) is 5.02. The Balaban J connectivity index is 1.40. The zero-order valence-corrected chi connectivity index (χ0v) is 14.7. The van der Waals surface area contributed by atoms with E-state index in [2.05, 4.69) is 25.2 Å². The number of imidazole rings is 1. The highest BCUT2D eigenvalue weighted by Crippen LogP contribution is 2.20. The van der Waals surface area contributed by atoms with Gasteiger partial charge in [0.2, 0.25) is 0 Å². The summed E-state index contributed by atoms with van der Waals surface area (Å²) in [5.41, 5.74) is 3.07. The quantitative estimate of drug-likeness (QED) is 0.852. The second kappa shape index (κ2) is 7.84. The van der Waals surface area contributed by atoms with Crippen LogP contribution in [0.3, 0.4) is 0 Å². The number of pyridine rings is 1. The van der Waals surface area contributed by atoms with E-state index in [1.165, 1.54) is 0 Å². The highest BCUT2D eigenvalue weighted by Gasteiger charge is 2.26. The molecule has 1 fully saturated rings. The van der Waals surface area contributed by atoms with Crippen LogP contribution in [-0.2, 0) is 17.7 Å². The number of ether oxygens (including phenoxy) is 1. The molecule has 2 aliphatic rings. The van der Waals surface area contributed by atoms with E-state index in [-0.39, 0.29) is 12.1 Å². The van der Waals surface area contributed by atoms with Crippen LogP contribution < -0.4 is 5.32 Å². The Bertz CT molecular complexity index is 728. The van der Waals surface area contributed by atoms with Gasteiger partial charge in [-0.3, -0.25) is 9.88 Å². The molecule has 2 aliphatic heterocycles. The molecule has 4 heterocycles. The molecule has 0 unspecified atom stereocenters. The predicted molar refractivity (Wildman–Crippen MR) is 95.5 cm³/mol. The number of amides is 2. The van der Waals surface area contributed by atoms with Crippen LogP contribution in [0.5, 0.6) is 0 Å². The van der Waals surface area contributed by atoms with E-state index >= 15 is 0 Å². The normalized spacial score (nSPS) is 19.0. The molecule has 1 atom stereocenters. The topological polar surface area (TPSA) is 86.4 Å². The first-order chi connectivity index (χ1) is 12.8. The number of morpholine rings is 1. The maximum Gasteiger partial charge on any atom is 0.317 e. The van der Waals surface area contributed by atoms with Crippen LogP contribution in [0.4, 0.5) is 4.79 Å². The lowest BCUT2D eigenvalue weighted by Gasteiger charge is -2.35. The van der Waals surface area contributed by atoms with Gasteiger partial charge < -0.3 is 19.9 Å². The largest absolute Gasteiger partial charge is 0.379 e. The molecule has 2 N–H and O–H groups in total. The van der Waals surface area contributed by atoms with Crippen LogP contribution >= 0.6 is 0 Å². The van der Waals surface area contributed by atoms with Crippen molar-refractivity contribution in [3.63, 3.8) is 0 Å². The SMILES string of the molecule is O=C(NC[C@@H](c1ccccn1)N1CCOCC1)N1CCc2nc[nH]c2C1. The summed E-state index contributed by atoms with van der Waals surface area (Å²) in [6.45, 7) is 4.92. The van der Waals surface area contributed by atoms with Gasteiger partial charge in [-0.05, 0) is 12.1 Å². The molecule has 0 bridgehead atoms. The first-order valence-electron chi connectivity index (χ1n) is 9.08. The monoisotopic (exact) mass is 356 g/mol. The van der Waals surface area contributed by atoms with Crippen LogP contribution in [0.1, 0.15) is 23.1 Å². The zero-order chi connectivity index (χ0) is 17.8. The van der Waals surface area contributed by atoms with Gasteiger partial charge >= 0.3 is 6.03 Å². The van der Waals surface area contributed by atoms with Crippen molar-refractivity contribution in [3.05, 3.63) is 47.8 Å². The Labute approximate surface area is 152 Å². The summed E-state index contributed by atoms with van der Waals surface area (Å²) in [5, 5.41) is 3.10. The third-order valence-electron chi connectivity index (χ3n) is 5.02. The van der Waals surface area contributed by atoms with Crippen molar-refractivity contribution in [1.29, 1.82) is 0 Å². The van der Waals surface area contributed by atoms with Gasteiger partial charge in [0.25, 0.3) is 0 Å². The third kappa shape index (κ3) is 3.71. The summed E-state index contributed by atoms with van der Waals surface area (Å²) in [7, 11) is 0. The molecule has 0 radical (unpaired) electrons. The number of nitrogens with one attached hydrogen (secondary N) is 2. The van der Waals surface area contributed by atoms with Gasteiger partial charge in [0.1, 0.15) is 0 Å². The number of hydrogen-bond acceptors (Lipinski definition) is 5. The van der Waals surface area contributed by atoms with Crippen molar-refractivity contribution in [3.8, 4) is 0 Å². The first kappa shape index (κ1) is 17.0. The lowest BCUT2D eigenvalue weighted by atomic mass is 10.1. The van der Waals surface area contributed by atoms with Crippen molar-refractivity contribution in [2.75, 3.05) is 39.4 Å². The van der Waals surface area contributed by atoms with E-state index in [0.29, 0.717) is 32.8 Å². The molecule has 0 saturated carbocycles. The van der Waals surface area contributed by atoms with Gasteiger partial charge in [0, 0.05) is 38.8 Å².